The highest BCUT2D eigenvalue weighted by molar-refractivity contribution is 5.86. The van der Waals surface area contributed by atoms with Gasteiger partial charge < -0.3 is 22.1 Å². The zero-order valence-corrected chi connectivity index (χ0v) is 6.56. The Balaban J connectivity index is 2.72. The first-order valence-corrected chi connectivity index (χ1v) is 3.63. The summed E-state index contributed by atoms with van der Waals surface area (Å²) >= 11 is 0. The highest BCUT2D eigenvalue weighted by Gasteiger charge is 2.35. The van der Waals surface area contributed by atoms with Gasteiger partial charge in [-0.05, 0) is 6.42 Å². The van der Waals surface area contributed by atoms with Crippen LogP contribution in [0.25, 0.3) is 0 Å². The number of hydrogen-bond donors (Lipinski definition) is 3. The van der Waals surface area contributed by atoms with Gasteiger partial charge in [0.15, 0.2) is 0 Å². The second kappa shape index (κ2) is 2.98. The summed E-state index contributed by atoms with van der Waals surface area (Å²) in [5, 5.41) is 0. The van der Waals surface area contributed by atoms with Crippen LogP contribution in [0.2, 0.25) is 0 Å². The molecule has 0 spiro atoms. The Labute approximate surface area is 69.7 Å². The highest BCUT2D eigenvalue weighted by Crippen LogP contribution is 2.15. The van der Waals surface area contributed by atoms with Gasteiger partial charge in [0.1, 0.15) is 6.04 Å². The molecule has 0 aromatic heterocycles. The molecule has 1 aliphatic rings. The summed E-state index contributed by atoms with van der Waals surface area (Å²) < 4.78 is 0. The van der Waals surface area contributed by atoms with Crippen LogP contribution in [0, 0.1) is 0 Å². The minimum absolute atomic E-state index is 0.199. The monoisotopic (exact) mass is 172 g/mol. The quantitative estimate of drug-likeness (QED) is 0.422. The number of carbonyl (C=O) groups excluding carboxylic acids is 2. The molecule has 1 rings (SSSR count). The van der Waals surface area contributed by atoms with Crippen molar-refractivity contribution in [3.63, 3.8) is 0 Å². The first-order valence-electron chi connectivity index (χ1n) is 3.63. The average Bonchev–Trinajstić information content (AvgIpc) is 2.31. The lowest BCUT2D eigenvalue weighted by Gasteiger charge is -2.18. The van der Waals surface area contributed by atoms with Crippen molar-refractivity contribution < 1.29 is 9.59 Å². The molecular formula is C6H12N4O2. The topological polar surface area (TPSA) is 115 Å². The van der Waals surface area contributed by atoms with Crippen molar-refractivity contribution in [3.8, 4) is 0 Å². The number of hydrogen-bond acceptors (Lipinski definition) is 3. The molecule has 1 aliphatic heterocycles. The minimum Gasteiger partial charge on any atom is -0.368 e. The molecule has 0 aromatic rings. The van der Waals surface area contributed by atoms with Crippen molar-refractivity contribution in [3.05, 3.63) is 0 Å². The third-order valence-electron chi connectivity index (χ3n) is 1.94. The second-order valence-corrected chi connectivity index (χ2v) is 2.90. The van der Waals surface area contributed by atoms with Crippen LogP contribution in [-0.4, -0.2) is 35.5 Å². The highest BCUT2D eigenvalue weighted by atomic mass is 16.2. The maximum Gasteiger partial charge on any atom is 0.315 e. The van der Waals surface area contributed by atoms with Crippen LogP contribution in [0.5, 0.6) is 0 Å². The van der Waals surface area contributed by atoms with Gasteiger partial charge in [0, 0.05) is 12.6 Å². The fraction of sp³-hybridized carbons (Fsp3) is 0.667. The summed E-state index contributed by atoms with van der Waals surface area (Å²) in [4.78, 5) is 22.7. The largest absolute Gasteiger partial charge is 0.368 e. The number of likely N-dealkylation sites (tertiary alicyclic amines) is 1. The van der Waals surface area contributed by atoms with E-state index in [4.69, 9.17) is 17.2 Å². The Bertz CT molecular complexity index is 196. The summed E-state index contributed by atoms with van der Waals surface area (Å²) in [7, 11) is 0. The predicted molar refractivity (Wildman–Crippen MR) is 41.9 cm³/mol. The van der Waals surface area contributed by atoms with E-state index in [1.54, 1.807) is 0 Å². The smallest absolute Gasteiger partial charge is 0.315 e. The van der Waals surface area contributed by atoms with Crippen molar-refractivity contribution in [1.29, 1.82) is 0 Å². The summed E-state index contributed by atoms with van der Waals surface area (Å²) in [6.45, 7) is 0.308. The van der Waals surface area contributed by atoms with Crippen LogP contribution in [0.4, 0.5) is 4.79 Å². The Morgan fingerprint density at radius 1 is 1.33 bits per heavy atom. The average molecular weight is 172 g/mol. The molecule has 3 amide bonds. The van der Waals surface area contributed by atoms with Gasteiger partial charge in [0.2, 0.25) is 5.91 Å². The Hall–Kier alpha value is -1.30. The number of rotatable bonds is 1. The molecule has 0 bridgehead atoms. The zero-order valence-electron chi connectivity index (χ0n) is 6.56. The van der Waals surface area contributed by atoms with Crippen molar-refractivity contribution in [2.45, 2.75) is 18.5 Å². The normalized spacial score (nSPS) is 28.9. The summed E-state index contributed by atoms with van der Waals surface area (Å²) in [5.74, 6) is -0.554. The lowest BCUT2D eigenvalue weighted by atomic mass is 10.2. The van der Waals surface area contributed by atoms with Gasteiger partial charge in [-0.15, -0.1) is 0 Å². The van der Waals surface area contributed by atoms with Crippen molar-refractivity contribution in [1.82, 2.24) is 4.90 Å². The maximum atomic E-state index is 10.8. The molecular weight excluding hydrogens is 160 g/mol. The Morgan fingerprint density at radius 2 is 1.92 bits per heavy atom. The van der Waals surface area contributed by atoms with E-state index in [-0.39, 0.29) is 6.04 Å². The van der Waals surface area contributed by atoms with Gasteiger partial charge in [-0.25, -0.2) is 4.79 Å². The lowest BCUT2D eigenvalue weighted by Crippen LogP contribution is -2.46. The number of carbonyl (C=O) groups is 2. The predicted octanol–water partition coefficient (Wildman–Crippen LogP) is -2.05. The zero-order chi connectivity index (χ0) is 9.30. The van der Waals surface area contributed by atoms with Crippen molar-refractivity contribution in [2.75, 3.05) is 6.54 Å². The van der Waals surface area contributed by atoms with Crippen LogP contribution >= 0.6 is 0 Å². The molecule has 0 saturated carbocycles. The van der Waals surface area contributed by atoms with Gasteiger partial charge in [-0.1, -0.05) is 0 Å². The SMILES string of the molecule is NC(=O)[C@H]1C[C@@H](N)CN1C(N)=O. The van der Waals surface area contributed by atoms with E-state index in [2.05, 4.69) is 0 Å². The van der Waals surface area contributed by atoms with E-state index in [1.165, 1.54) is 4.90 Å². The molecule has 0 radical (unpaired) electrons. The van der Waals surface area contributed by atoms with E-state index in [9.17, 15) is 9.59 Å². The lowest BCUT2D eigenvalue weighted by molar-refractivity contribution is -0.121. The van der Waals surface area contributed by atoms with Crippen LogP contribution in [0.1, 0.15) is 6.42 Å². The van der Waals surface area contributed by atoms with Crippen LogP contribution < -0.4 is 17.2 Å². The molecule has 1 fully saturated rings. The van der Waals surface area contributed by atoms with Crippen molar-refractivity contribution in [2.24, 2.45) is 17.2 Å². The van der Waals surface area contributed by atoms with Gasteiger partial charge in [-0.2, -0.15) is 0 Å². The molecule has 2 atom stereocenters. The number of nitrogens with two attached hydrogens (primary N) is 3. The van der Waals surface area contributed by atoms with E-state index >= 15 is 0 Å². The first-order chi connectivity index (χ1) is 5.52. The van der Waals surface area contributed by atoms with Crippen LogP contribution in [-0.2, 0) is 4.79 Å². The molecule has 6 nitrogen and oxygen atoms in total. The second-order valence-electron chi connectivity index (χ2n) is 2.90. The van der Waals surface area contributed by atoms with Crippen LogP contribution in [0.3, 0.4) is 0 Å². The first kappa shape index (κ1) is 8.79. The standard InChI is InChI=1S/C6H12N4O2/c7-3-1-4(5(8)11)10(2-3)6(9)12/h3-4H,1-2,7H2,(H2,8,11)(H2,9,12)/t3-,4-/m1/s1. The molecule has 12 heavy (non-hydrogen) atoms. The van der Waals surface area contributed by atoms with Crippen molar-refractivity contribution >= 4 is 11.9 Å². The fourth-order valence-electron chi connectivity index (χ4n) is 1.38. The molecule has 1 saturated heterocycles. The number of nitrogens with zero attached hydrogens (tertiary/aromatic N) is 1. The van der Waals surface area contributed by atoms with Crippen LogP contribution in [0.15, 0.2) is 0 Å². The van der Waals surface area contributed by atoms with Gasteiger partial charge in [0.05, 0.1) is 0 Å². The Morgan fingerprint density at radius 3 is 2.25 bits per heavy atom. The molecule has 0 aromatic carbocycles. The third kappa shape index (κ3) is 1.48. The number of amides is 3. The summed E-state index contributed by atoms with van der Waals surface area (Å²) in [5.41, 5.74) is 15.6. The van der Waals surface area contributed by atoms with E-state index < -0.39 is 18.0 Å². The minimum atomic E-state index is -0.647. The van der Waals surface area contributed by atoms with E-state index in [0.717, 1.165) is 0 Å². The van der Waals surface area contributed by atoms with Gasteiger partial charge in [0.25, 0.3) is 0 Å². The molecule has 0 aliphatic carbocycles. The molecule has 6 heteroatoms. The molecule has 1 heterocycles. The van der Waals surface area contributed by atoms with Gasteiger partial charge in [-0.3, -0.25) is 4.79 Å². The summed E-state index contributed by atoms with van der Waals surface area (Å²) in [6, 6.07) is -1.47. The Kier molecular flexibility index (Phi) is 2.18. The molecule has 68 valence electrons. The van der Waals surface area contributed by atoms with Gasteiger partial charge >= 0.3 is 6.03 Å². The van der Waals surface area contributed by atoms with E-state index in [1.807, 2.05) is 0 Å². The fourth-order valence-corrected chi connectivity index (χ4v) is 1.38. The number of urea groups is 1. The van der Waals surface area contributed by atoms with E-state index in [0.29, 0.717) is 13.0 Å². The molecule has 6 N–H and O–H groups in total. The third-order valence-corrected chi connectivity index (χ3v) is 1.94. The number of primary amides is 2. The summed E-state index contributed by atoms with van der Waals surface area (Å²) in [6.07, 6.45) is 0.401. The molecule has 0 unspecified atom stereocenters. The maximum absolute atomic E-state index is 10.8.